The van der Waals surface area contributed by atoms with Gasteiger partial charge in [-0.3, -0.25) is 9.59 Å². The second-order valence-electron chi connectivity index (χ2n) is 13.0. The zero-order valence-electron chi connectivity index (χ0n) is 23.7. The van der Waals surface area contributed by atoms with E-state index in [-0.39, 0.29) is 23.5 Å². The van der Waals surface area contributed by atoms with Crippen LogP contribution in [0.4, 0.5) is 5.69 Å². The smallest absolute Gasteiger partial charge is 0.303 e. The van der Waals surface area contributed by atoms with Crippen molar-refractivity contribution in [2.75, 3.05) is 32.2 Å². The second-order valence-corrected chi connectivity index (χ2v) is 13.0. The van der Waals surface area contributed by atoms with Crippen molar-refractivity contribution in [3.8, 4) is 0 Å². The zero-order valence-corrected chi connectivity index (χ0v) is 23.7. The van der Waals surface area contributed by atoms with Crippen LogP contribution in [-0.2, 0) is 23.8 Å². The zero-order chi connectivity index (χ0) is 26.9. The monoisotopic (exact) mass is 521 g/mol. The molecule has 1 spiro atoms. The standard InChI is InChI=1S/C32H43NO5/c1-20(34)32(38-21(2)35)15-13-28-26-11-8-23-18-31(36-16-17-37-31)14-12-25(23)29(26)27(19-30(28,32)3)22-6-9-24(10-7-22)33(4)5/h6-7,9-10,23,26-28H,8,11-19H2,1-5H3/t23?,26-,27+,28-,30-,32-/m0/s1. The third kappa shape index (κ3) is 3.81. The van der Waals surface area contributed by atoms with Gasteiger partial charge in [-0.1, -0.05) is 30.2 Å². The van der Waals surface area contributed by atoms with Crippen molar-refractivity contribution < 1.29 is 23.8 Å². The fourth-order valence-corrected chi connectivity index (χ4v) is 9.34. The molecule has 0 N–H and O–H groups in total. The lowest BCUT2D eigenvalue weighted by Crippen LogP contribution is -2.57. The number of carbonyl (C=O) groups excluding carboxylic acids is 2. The van der Waals surface area contributed by atoms with Gasteiger partial charge in [-0.05, 0) is 80.9 Å². The van der Waals surface area contributed by atoms with Crippen LogP contribution in [0.1, 0.15) is 83.6 Å². The Hall–Kier alpha value is -2.18. The van der Waals surface area contributed by atoms with Crippen LogP contribution in [0.5, 0.6) is 0 Å². The van der Waals surface area contributed by atoms with Crippen LogP contribution in [0.2, 0.25) is 0 Å². The Bertz CT molecular complexity index is 1150. The van der Waals surface area contributed by atoms with E-state index in [1.165, 1.54) is 18.2 Å². The number of ketones is 1. The largest absolute Gasteiger partial charge is 0.451 e. The Morgan fingerprint density at radius 2 is 1.68 bits per heavy atom. The van der Waals surface area contributed by atoms with Crippen molar-refractivity contribution in [3.63, 3.8) is 0 Å². The number of ether oxygens (including phenoxy) is 3. The maximum absolute atomic E-state index is 13.3. The Morgan fingerprint density at radius 3 is 2.32 bits per heavy atom. The first kappa shape index (κ1) is 26.1. The number of nitrogens with zero attached hydrogens (tertiary/aromatic N) is 1. The minimum atomic E-state index is -1.04. The highest BCUT2D eigenvalue weighted by molar-refractivity contribution is 5.89. The van der Waals surface area contributed by atoms with E-state index in [9.17, 15) is 9.59 Å². The van der Waals surface area contributed by atoms with Crippen molar-refractivity contribution in [3.05, 3.63) is 41.0 Å². The van der Waals surface area contributed by atoms with Crippen LogP contribution in [0.25, 0.3) is 0 Å². The molecular weight excluding hydrogens is 478 g/mol. The summed E-state index contributed by atoms with van der Waals surface area (Å²) in [5.41, 5.74) is 4.30. The maximum Gasteiger partial charge on any atom is 0.303 e. The van der Waals surface area contributed by atoms with Gasteiger partial charge < -0.3 is 19.1 Å². The Morgan fingerprint density at radius 1 is 0.974 bits per heavy atom. The molecule has 3 saturated carbocycles. The lowest BCUT2D eigenvalue weighted by Gasteiger charge is -2.56. The molecule has 6 rings (SSSR count). The molecule has 1 heterocycles. The number of allylic oxidation sites excluding steroid dienone is 2. The lowest BCUT2D eigenvalue weighted by atomic mass is 9.50. The van der Waals surface area contributed by atoms with E-state index >= 15 is 0 Å². The van der Waals surface area contributed by atoms with Gasteiger partial charge in [0, 0.05) is 50.9 Å². The van der Waals surface area contributed by atoms with Crippen LogP contribution in [-0.4, -0.2) is 50.4 Å². The first-order chi connectivity index (χ1) is 18.1. The molecule has 0 bridgehead atoms. The molecule has 1 saturated heterocycles. The van der Waals surface area contributed by atoms with Crippen LogP contribution in [0.15, 0.2) is 35.4 Å². The molecule has 38 heavy (non-hydrogen) atoms. The van der Waals surface area contributed by atoms with Crippen LogP contribution in [0.3, 0.4) is 0 Å². The summed E-state index contributed by atoms with van der Waals surface area (Å²) >= 11 is 0. The summed E-state index contributed by atoms with van der Waals surface area (Å²) < 4.78 is 18.4. The summed E-state index contributed by atoms with van der Waals surface area (Å²) in [5, 5.41) is 0. The predicted octanol–water partition coefficient (Wildman–Crippen LogP) is 5.80. The molecule has 0 radical (unpaired) electrons. The molecule has 1 aliphatic heterocycles. The van der Waals surface area contributed by atoms with E-state index in [1.54, 1.807) is 18.1 Å². The number of carbonyl (C=O) groups is 2. The third-order valence-electron chi connectivity index (χ3n) is 11.0. The first-order valence-corrected chi connectivity index (χ1v) is 14.6. The molecule has 0 aromatic heterocycles. The van der Waals surface area contributed by atoms with E-state index in [4.69, 9.17) is 14.2 Å². The fraction of sp³-hybridized carbons (Fsp3) is 0.688. The minimum Gasteiger partial charge on any atom is -0.451 e. The molecule has 4 aliphatic carbocycles. The third-order valence-corrected chi connectivity index (χ3v) is 11.0. The minimum absolute atomic E-state index is 0.000617. The quantitative estimate of drug-likeness (QED) is 0.369. The number of rotatable bonds is 4. The fourth-order valence-electron chi connectivity index (χ4n) is 9.34. The number of fused-ring (bicyclic) bond motifs is 4. The topological polar surface area (TPSA) is 65.1 Å². The highest BCUT2D eigenvalue weighted by Crippen LogP contribution is 2.68. The number of esters is 1. The number of Topliss-reactive ketones (excluding diaryl/α,β-unsaturated/α-hetero) is 1. The van der Waals surface area contributed by atoms with E-state index in [1.807, 2.05) is 0 Å². The summed E-state index contributed by atoms with van der Waals surface area (Å²) in [6.07, 6.45) is 7.53. The molecule has 0 amide bonds. The van der Waals surface area contributed by atoms with Gasteiger partial charge in [0.2, 0.25) is 0 Å². The normalized spacial score (nSPS) is 37.4. The molecule has 1 aromatic rings. The molecule has 5 aliphatic rings. The van der Waals surface area contributed by atoms with E-state index < -0.39 is 11.0 Å². The van der Waals surface area contributed by atoms with Gasteiger partial charge >= 0.3 is 5.97 Å². The molecule has 1 unspecified atom stereocenters. The molecule has 206 valence electrons. The highest BCUT2D eigenvalue weighted by atomic mass is 16.7. The van der Waals surface area contributed by atoms with E-state index in [0.29, 0.717) is 37.4 Å². The number of anilines is 1. The average molecular weight is 522 g/mol. The van der Waals surface area contributed by atoms with Gasteiger partial charge in [0.1, 0.15) is 0 Å². The first-order valence-electron chi connectivity index (χ1n) is 14.6. The second kappa shape index (κ2) is 9.19. The molecule has 4 fully saturated rings. The van der Waals surface area contributed by atoms with Crippen molar-refractivity contribution in [2.24, 2.45) is 23.2 Å². The molecule has 6 heteroatoms. The SMILES string of the molecule is CC(=O)O[C@]1(C(C)=O)CC[C@H]2[C@@H]3CCC4CC5(CCC4=C3[C@@H](c3ccc(N(C)C)cc3)C[C@@]21C)OCCO5. The highest BCUT2D eigenvalue weighted by Gasteiger charge is 2.67. The Balaban J connectivity index is 1.46. The summed E-state index contributed by atoms with van der Waals surface area (Å²) in [7, 11) is 4.13. The molecule has 6 atom stereocenters. The Labute approximate surface area is 227 Å². The van der Waals surface area contributed by atoms with Gasteiger partial charge in [-0.25, -0.2) is 0 Å². The van der Waals surface area contributed by atoms with Crippen molar-refractivity contribution in [1.82, 2.24) is 0 Å². The van der Waals surface area contributed by atoms with Gasteiger partial charge in [0.25, 0.3) is 0 Å². The Kier molecular flexibility index (Phi) is 6.31. The van der Waals surface area contributed by atoms with Crippen molar-refractivity contribution in [2.45, 2.75) is 89.4 Å². The van der Waals surface area contributed by atoms with Gasteiger partial charge in [-0.15, -0.1) is 0 Å². The van der Waals surface area contributed by atoms with Crippen LogP contribution < -0.4 is 4.90 Å². The number of hydrogen-bond acceptors (Lipinski definition) is 6. The summed E-state index contributed by atoms with van der Waals surface area (Å²) in [6, 6.07) is 8.97. The van der Waals surface area contributed by atoms with E-state index in [0.717, 1.165) is 44.9 Å². The molecular formula is C32H43NO5. The van der Waals surface area contributed by atoms with Crippen molar-refractivity contribution >= 4 is 17.4 Å². The lowest BCUT2D eigenvalue weighted by molar-refractivity contribution is -0.185. The summed E-state index contributed by atoms with van der Waals surface area (Å²) in [5.74, 6) is 0.710. The van der Waals surface area contributed by atoms with Crippen LogP contribution >= 0.6 is 0 Å². The summed E-state index contributed by atoms with van der Waals surface area (Å²) in [4.78, 5) is 27.8. The van der Waals surface area contributed by atoms with Gasteiger partial charge in [-0.2, -0.15) is 0 Å². The van der Waals surface area contributed by atoms with E-state index in [2.05, 4.69) is 50.2 Å². The van der Waals surface area contributed by atoms with Gasteiger partial charge in [0.15, 0.2) is 17.2 Å². The van der Waals surface area contributed by atoms with Gasteiger partial charge in [0.05, 0.1) is 13.2 Å². The average Bonchev–Trinajstić information content (AvgIpc) is 3.45. The predicted molar refractivity (Wildman–Crippen MR) is 146 cm³/mol. The summed E-state index contributed by atoms with van der Waals surface area (Å²) in [6.45, 7) is 6.73. The number of hydrogen-bond donors (Lipinski definition) is 0. The van der Waals surface area contributed by atoms with Crippen molar-refractivity contribution in [1.29, 1.82) is 0 Å². The molecule has 1 aromatic carbocycles. The maximum atomic E-state index is 13.3. The number of benzene rings is 1. The van der Waals surface area contributed by atoms with Crippen LogP contribution in [0, 0.1) is 23.2 Å². The molecule has 6 nitrogen and oxygen atoms in total.